The fourth-order valence-electron chi connectivity index (χ4n) is 2.66. The van der Waals surface area contributed by atoms with Crippen LogP contribution in [0.15, 0.2) is 6.20 Å². The highest BCUT2D eigenvalue weighted by atomic mass is 32.2. The summed E-state index contributed by atoms with van der Waals surface area (Å²) in [6, 6.07) is -0.587. The summed E-state index contributed by atoms with van der Waals surface area (Å²) in [6.45, 7) is 1.65. The van der Waals surface area contributed by atoms with Gasteiger partial charge in [-0.25, -0.2) is 13.2 Å². The van der Waals surface area contributed by atoms with Crippen molar-refractivity contribution >= 4 is 15.9 Å². The van der Waals surface area contributed by atoms with Crippen LogP contribution in [0.3, 0.4) is 0 Å². The number of nitrogens with one attached hydrogen (secondary N) is 1. The van der Waals surface area contributed by atoms with Gasteiger partial charge in [0.15, 0.2) is 15.5 Å². The smallest absolute Gasteiger partial charge is 0.334 e. The second-order valence-corrected chi connectivity index (χ2v) is 8.23. The minimum absolute atomic E-state index is 0.00237. The van der Waals surface area contributed by atoms with Gasteiger partial charge in [0.05, 0.1) is 11.5 Å². The molecule has 0 bridgehead atoms. The predicted molar refractivity (Wildman–Crippen MR) is 79.8 cm³/mol. The average molecular weight is 368 g/mol. The van der Waals surface area contributed by atoms with Gasteiger partial charge < -0.3 is 10.2 Å². The third kappa shape index (κ3) is 4.62. The molecular weight excluding hydrogens is 349 g/mol. The zero-order valence-electron chi connectivity index (χ0n) is 13.3. The Labute approximate surface area is 137 Å². The SMILES string of the molecule is CC1CN(C(=O)NCc2cn(C)nc2C(F)(F)F)CCS(=O)(=O)C1. The number of alkyl halides is 3. The summed E-state index contributed by atoms with van der Waals surface area (Å²) in [5.41, 5.74) is -1.19. The van der Waals surface area contributed by atoms with E-state index >= 15 is 0 Å². The molecular formula is C13H19F3N4O3S. The van der Waals surface area contributed by atoms with Gasteiger partial charge in [0.2, 0.25) is 0 Å². The summed E-state index contributed by atoms with van der Waals surface area (Å²) in [4.78, 5) is 13.5. The minimum Gasteiger partial charge on any atom is -0.334 e. The fraction of sp³-hybridized carbons (Fsp3) is 0.692. The average Bonchev–Trinajstić information content (AvgIpc) is 2.74. The number of halogens is 3. The first-order valence-corrected chi connectivity index (χ1v) is 9.13. The van der Waals surface area contributed by atoms with Crippen LogP contribution in [0.25, 0.3) is 0 Å². The molecule has 7 nitrogen and oxygen atoms in total. The van der Waals surface area contributed by atoms with Crippen LogP contribution in [0, 0.1) is 5.92 Å². The summed E-state index contributed by atoms with van der Waals surface area (Å²) >= 11 is 0. The molecule has 2 heterocycles. The van der Waals surface area contributed by atoms with Crippen molar-refractivity contribution in [3.8, 4) is 0 Å². The molecule has 2 rings (SSSR count). The number of hydrogen-bond donors (Lipinski definition) is 1. The highest BCUT2D eigenvalue weighted by Gasteiger charge is 2.37. The molecule has 0 radical (unpaired) electrons. The largest absolute Gasteiger partial charge is 0.435 e. The molecule has 1 fully saturated rings. The lowest BCUT2D eigenvalue weighted by atomic mass is 10.2. The molecule has 1 aliphatic rings. The van der Waals surface area contributed by atoms with E-state index in [0.29, 0.717) is 0 Å². The number of sulfone groups is 1. The van der Waals surface area contributed by atoms with Gasteiger partial charge in [0.25, 0.3) is 0 Å². The number of nitrogens with zero attached hydrogens (tertiary/aromatic N) is 3. The third-order valence-corrected chi connectivity index (χ3v) is 5.51. The number of carbonyl (C=O) groups is 1. The van der Waals surface area contributed by atoms with Crippen molar-refractivity contribution in [3.05, 3.63) is 17.5 Å². The highest BCUT2D eigenvalue weighted by molar-refractivity contribution is 7.91. The summed E-state index contributed by atoms with van der Waals surface area (Å²) in [5.74, 6) is -0.379. The van der Waals surface area contributed by atoms with E-state index in [9.17, 15) is 26.4 Å². The molecule has 1 aliphatic heterocycles. The van der Waals surface area contributed by atoms with E-state index in [1.807, 2.05) is 0 Å². The Morgan fingerprint density at radius 1 is 1.46 bits per heavy atom. The van der Waals surface area contributed by atoms with Gasteiger partial charge >= 0.3 is 12.2 Å². The maximum atomic E-state index is 12.9. The monoisotopic (exact) mass is 368 g/mol. The third-order valence-electron chi connectivity index (χ3n) is 3.63. The maximum Gasteiger partial charge on any atom is 0.435 e. The Morgan fingerprint density at radius 3 is 2.75 bits per heavy atom. The molecule has 1 saturated heterocycles. The first kappa shape index (κ1) is 18.6. The van der Waals surface area contributed by atoms with Crippen molar-refractivity contribution in [1.82, 2.24) is 20.0 Å². The molecule has 11 heteroatoms. The van der Waals surface area contributed by atoms with Crippen LogP contribution < -0.4 is 5.32 Å². The first-order chi connectivity index (χ1) is 11.0. The fourth-order valence-corrected chi connectivity index (χ4v) is 4.30. The Balaban J connectivity index is 2.04. The van der Waals surface area contributed by atoms with Crippen LogP contribution >= 0.6 is 0 Å². The van der Waals surface area contributed by atoms with Gasteiger partial charge in [-0.05, 0) is 5.92 Å². The van der Waals surface area contributed by atoms with Crippen LogP contribution in [0.1, 0.15) is 18.2 Å². The molecule has 1 unspecified atom stereocenters. The van der Waals surface area contributed by atoms with Crippen molar-refractivity contribution in [1.29, 1.82) is 0 Å². The van der Waals surface area contributed by atoms with Crippen LogP contribution in [0.2, 0.25) is 0 Å². The summed E-state index contributed by atoms with van der Waals surface area (Å²) < 4.78 is 63.0. The van der Waals surface area contributed by atoms with Crippen molar-refractivity contribution < 1.29 is 26.4 Å². The van der Waals surface area contributed by atoms with Gasteiger partial charge in [-0.2, -0.15) is 18.3 Å². The molecule has 24 heavy (non-hydrogen) atoms. The topological polar surface area (TPSA) is 84.3 Å². The van der Waals surface area contributed by atoms with E-state index in [-0.39, 0.29) is 42.6 Å². The van der Waals surface area contributed by atoms with Gasteiger partial charge in [-0.1, -0.05) is 6.92 Å². The number of carbonyl (C=O) groups excluding carboxylic acids is 1. The predicted octanol–water partition coefficient (Wildman–Crippen LogP) is 1.01. The number of hydrogen-bond acceptors (Lipinski definition) is 4. The van der Waals surface area contributed by atoms with Crippen LogP contribution in [-0.4, -0.2) is 53.7 Å². The van der Waals surface area contributed by atoms with Gasteiger partial charge in [0.1, 0.15) is 0 Å². The summed E-state index contributed by atoms with van der Waals surface area (Å²) in [6.07, 6.45) is -3.41. The summed E-state index contributed by atoms with van der Waals surface area (Å²) in [5, 5.41) is 5.77. The van der Waals surface area contributed by atoms with Crippen LogP contribution in [0.5, 0.6) is 0 Å². The van der Waals surface area contributed by atoms with E-state index in [2.05, 4.69) is 10.4 Å². The van der Waals surface area contributed by atoms with E-state index in [0.717, 1.165) is 4.68 Å². The molecule has 1 atom stereocenters. The number of aryl methyl sites for hydroxylation is 1. The number of urea groups is 1. The molecule has 136 valence electrons. The van der Waals surface area contributed by atoms with Crippen molar-refractivity contribution in [2.24, 2.45) is 13.0 Å². The lowest BCUT2D eigenvalue weighted by molar-refractivity contribution is -0.142. The zero-order chi connectivity index (χ0) is 18.1. The first-order valence-electron chi connectivity index (χ1n) is 7.31. The van der Waals surface area contributed by atoms with Gasteiger partial charge in [-0.3, -0.25) is 4.68 Å². The standard InChI is InChI=1S/C13H19F3N4O3S/c1-9-6-20(3-4-24(22,23)8-9)12(21)17-5-10-7-19(2)18-11(10)13(14,15)16/h7,9H,3-6,8H2,1-2H3,(H,17,21). The molecule has 1 N–H and O–H groups in total. The van der Waals surface area contributed by atoms with Crippen molar-refractivity contribution in [3.63, 3.8) is 0 Å². The van der Waals surface area contributed by atoms with E-state index in [4.69, 9.17) is 0 Å². The van der Waals surface area contributed by atoms with Crippen LogP contribution in [-0.2, 0) is 29.6 Å². The molecule has 0 aliphatic carbocycles. The zero-order valence-corrected chi connectivity index (χ0v) is 14.1. The number of rotatable bonds is 2. The second kappa shape index (κ2) is 6.61. The van der Waals surface area contributed by atoms with E-state index in [1.54, 1.807) is 6.92 Å². The second-order valence-electron chi connectivity index (χ2n) is 6.00. The number of amides is 2. The normalized spacial score (nSPS) is 21.4. The Bertz CT molecular complexity index is 715. The minimum atomic E-state index is -4.60. The molecule has 0 spiro atoms. The van der Waals surface area contributed by atoms with E-state index < -0.39 is 27.7 Å². The molecule has 0 aromatic carbocycles. The molecule has 1 aromatic rings. The highest BCUT2D eigenvalue weighted by Crippen LogP contribution is 2.30. The quantitative estimate of drug-likeness (QED) is 0.845. The summed E-state index contributed by atoms with van der Waals surface area (Å²) in [7, 11) is -1.85. The molecule has 2 amide bonds. The molecule has 1 aromatic heterocycles. The Morgan fingerprint density at radius 2 is 2.12 bits per heavy atom. The Kier molecular flexibility index (Phi) is 5.11. The van der Waals surface area contributed by atoms with Crippen molar-refractivity contribution in [2.75, 3.05) is 24.6 Å². The van der Waals surface area contributed by atoms with Gasteiger partial charge in [0, 0.05) is 38.4 Å². The van der Waals surface area contributed by atoms with Crippen LogP contribution in [0.4, 0.5) is 18.0 Å². The maximum absolute atomic E-state index is 12.9. The lowest BCUT2D eigenvalue weighted by Gasteiger charge is -2.22. The van der Waals surface area contributed by atoms with Crippen molar-refractivity contribution in [2.45, 2.75) is 19.6 Å². The number of aromatic nitrogens is 2. The van der Waals surface area contributed by atoms with Gasteiger partial charge in [-0.15, -0.1) is 0 Å². The van der Waals surface area contributed by atoms with E-state index in [1.165, 1.54) is 18.1 Å². The Hall–Kier alpha value is -1.78. The lowest BCUT2D eigenvalue weighted by Crippen LogP contribution is -2.42. The molecule has 0 saturated carbocycles.